The Morgan fingerprint density at radius 3 is 2.70 bits per heavy atom. The molecule has 0 aliphatic carbocycles. The van der Waals surface area contributed by atoms with E-state index < -0.39 is 16.0 Å². The molecule has 1 aromatic rings. The highest BCUT2D eigenvalue weighted by Gasteiger charge is 2.20. The molecule has 1 unspecified atom stereocenters. The topological polar surface area (TPSA) is 98.5 Å². The Bertz CT molecular complexity index is 587. The zero-order chi connectivity index (χ0) is 15.3. The first-order valence-electron chi connectivity index (χ1n) is 5.91. The van der Waals surface area contributed by atoms with Crippen LogP contribution in [0.1, 0.15) is 23.7 Å². The summed E-state index contributed by atoms with van der Waals surface area (Å²) in [5.41, 5.74) is 5.67. The van der Waals surface area contributed by atoms with E-state index in [-0.39, 0.29) is 28.1 Å². The smallest absolute Gasteiger partial charge is 0.337 e. The molecule has 0 aliphatic heterocycles. The fraction of sp³-hybridized carbons (Fsp3) is 0.417. The molecule has 0 heterocycles. The van der Waals surface area contributed by atoms with Crippen LogP contribution in [0.5, 0.6) is 0 Å². The maximum absolute atomic E-state index is 12.1. The van der Waals surface area contributed by atoms with Gasteiger partial charge in [0.1, 0.15) is 4.90 Å². The average molecular weight is 321 g/mol. The number of hydrogen-bond donors (Lipinski definition) is 2. The lowest BCUT2D eigenvalue weighted by molar-refractivity contribution is 0.0600. The zero-order valence-corrected chi connectivity index (χ0v) is 12.8. The Kier molecular flexibility index (Phi) is 5.94. The Hall–Kier alpha value is -1.15. The van der Waals surface area contributed by atoms with E-state index in [9.17, 15) is 13.2 Å². The van der Waals surface area contributed by atoms with E-state index in [1.54, 1.807) is 6.92 Å². The van der Waals surface area contributed by atoms with Crippen molar-refractivity contribution >= 4 is 27.6 Å². The molecule has 0 fully saturated rings. The van der Waals surface area contributed by atoms with Gasteiger partial charge in [-0.25, -0.2) is 17.9 Å². The second-order valence-electron chi connectivity index (χ2n) is 4.30. The first kappa shape index (κ1) is 16.9. The van der Waals surface area contributed by atoms with E-state index in [1.807, 2.05) is 0 Å². The van der Waals surface area contributed by atoms with Crippen molar-refractivity contribution in [3.63, 3.8) is 0 Å². The summed E-state index contributed by atoms with van der Waals surface area (Å²) in [4.78, 5) is 11.2. The molecule has 8 heteroatoms. The lowest BCUT2D eigenvalue weighted by Gasteiger charge is -2.10. The summed E-state index contributed by atoms with van der Waals surface area (Å²) >= 11 is 5.87. The first-order chi connectivity index (χ1) is 9.27. The highest BCUT2D eigenvalue weighted by Crippen LogP contribution is 2.23. The van der Waals surface area contributed by atoms with Gasteiger partial charge in [0.15, 0.2) is 0 Å². The summed E-state index contributed by atoms with van der Waals surface area (Å²) in [5, 5.41) is 0.0333. The fourth-order valence-corrected chi connectivity index (χ4v) is 3.02. The molecule has 0 spiro atoms. The molecular weight excluding hydrogens is 304 g/mol. The van der Waals surface area contributed by atoms with Crippen molar-refractivity contribution in [2.45, 2.75) is 24.3 Å². The molecule has 1 atom stereocenters. The summed E-state index contributed by atoms with van der Waals surface area (Å²) in [6.07, 6.45) is 0.494. The minimum Gasteiger partial charge on any atom is -0.465 e. The van der Waals surface area contributed by atoms with Crippen LogP contribution in [0, 0.1) is 0 Å². The number of nitrogens with two attached hydrogens (primary N) is 1. The Morgan fingerprint density at radius 2 is 2.15 bits per heavy atom. The highest BCUT2D eigenvalue weighted by molar-refractivity contribution is 7.89. The van der Waals surface area contributed by atoms with E-state index in [0.29, 0.717) is 6.42 Å². The lowest BCUT2D eigenvalue weighted by Crippen LogP contribution is -2.29. The van der Waals surface area contributed by atoms with Crippen LogP contribution in [0.4, 0.5) is 0 Å². The predicted molar refractivity (Wildman–Crippen MR) is 76.2 cm³/mol. The summed E-state index contributed by atoms with van der Waals surface area (Å²) in [6, 6.07) is 3.81. The minimum absolute atomic E-state index is 0.0333. The molecule has 6 nitrogen and oxygen atoms in total. The molecule has 0 aromatic heterocycles. The second kappa shape index (κ2) is 7.03. The molecule has 0 radical (unpaired) electrons. The maximum atomic E-state index is 12.1. The third-order valence-corrected chi connectivity index (χ3v) is 4.48. The van der Waals surface area contributed by atoms with Gasteiger partial charge in [-0.3, -0.25) is 0 Å². The average Bonchev–Trinajstić information content (AvgIpc) is 2.37. The van der Waals surface area contributed by atoms with Crippen molar-refractivity contribution in [3.05, 3.63) is 28.8 Å². The second-order valence-corrected chi connectivity index (χ2v) is 6.44. The first-order valence-corrected chi connectivity index (χ1v) is 7.77. The van der Waals surface area contributed by atoms with Gasteiger partial charge in [0.2, 0.25) is 10.0 Å². The van der Waals surface area contributed by atoms with Gasteiger partial charge in [0.05, 0.1) is 17.7 Å². The van der Waals surface area contributed by atoms with Crippen molar-refractivity contribution in [3.8, 4) is 0 Å². The third-order valence-electron chi connectivity index (χ3n) is 2.53. The van der Waals surface area contributed by atoms with Gasteiger partial charge in [-0.1, -0.05) is 11.6 Å². The SMILES string of the molecule is COC(=O)c1ccc(Cl)c(S(=O)(=O)NCCC(C)N)c1. The number of sulfonamides is 1. The van der Waals surface area contributed by atoms with Gasteiger partial charge >= 0.3 is 5.97 Å². The number of nitrogens with one attached hydrogen (secondary N) is 1. The van der Waals surface area contributed by atoms with Gasteiger partial charge in [0.25, 0.3) is 0 Å². The van der Waals surface area contributed by atoms with Gasteiger partial charge < -0.3 is 10.5 Å². The monoisotopic (exact) mass is 320 g/mol. The van der Waals surface area contributed by atoms with Crippen LogP contribution >= 0.6 is 11.6 Å². The van der Waals surface area contributed by atoms with E-state index in [2.05, 4.69) is 9.46 Å². The molecule has 0 amide bonds. The van der Waals surface area contributed by atoms with Crippen molar-refractivity contribution in [2.75, 3.05) is 13.7 Å². The standard InChI is InChI=1S/C12H17ClN2O4S/c1-8(14)5-6-15-20(17,18)11-7-9(12(16)19-2)3-4-10(11)13/h3-4,7-8,15H,5-6,14H2,1-2H3. The lowest BCUT2D eigenvalue weighted by atomic mass is 10.2. The van der Waals surface area contributed by atoms with E-state index in [4.69, 9.17) is 17.3 Å². The van der Waals surface area contributed by atoms with Crippen LogP contribution in [0.2, 0.25) is 5.02 Å². The van der Waals surface area contributed by atoms with Crippen molar-refractivity contribution < 1.29 is 17.9 Å². The molecule has 1 aromatic carbocycles. The fourth-order valence-electron chi connectivity index (χ4n) is 1.45. The highest BCUT2D eigenvalue weighted by atomic mass is 35.5. The zero-order valence-electron chi connectivity index (χ0n) is 11.2. The van der Waals surface area contributed by atoms with Crippen molar-refractivity contribution in [2.24, 2.45) is 5.73 Å². The molecule has 20 heavy (non-hydrogen) atoms. The van der Waals surface area contributed by atoms with Crippen LogP contribution in [0.25, 0.3) is 0 Å². The molecule has 0 aliphatic rings. The Morgan fingerprint density at radius 1 is 1.50 bits per heavy atom. The van der Waals surface area contributed by atoms with Gasteiger partial charge in [0, 0.05) is 12.6 Å². The van der Waals surface area contributed by atoms with Crippen LogP contribution in [-0.4, -0.2) is 34.1 Å². The quantitative estimate of drug-likeness (QED) is 0.766. The third kappa shape index (κ3) is 4.45. The Labute approximate surface area is 123 Å². The van der Waals surface area contributed by atoms with Gasteiger partial charge in [-0.2, -0.15) is 0 Å². The summed E-state index contributed by atoms with van der Waals surface area (Å²) < 4.78 is 31.1. The number of hydrogen-bond acceptors (Lipinski definition) is 5. The number of ether oxygens (including phenoxy) is 1. The molecule has 0 bridgehead atoms. The van der Waals surface area contributed by atoms with Crippen molar-refractivity contribution in [1.82, 2.24) is 4.72 Å². The van der Waals surface area contributed by atoms with Gasteiger partial charge in [-0.15, -0.1) is 0 Å². The predicted octanol–water partition coefficient (Wildman–Crippen LogP) is 1.14. The van der Waals surface area contributed by atoms with Crippen molar-refractivity contribution in [1.29, 1.82) is 0 Å². The summed E-state index contributed by atoms with van der Waals surface area (Å²) in [7, 11) is -2.58. The number of halogens is 1. The number of benzene rings is 1. The number of esters is 1. The number of rotatable bonds is 6. The van der Waals surface area contributed by atoms with Crippen LogP contribution < -0.4 is 10.5 Å². The van der Waals surface area contributed by atoms with Crippen LogP contribution in [-0.2, 0) is 14.8 Å². The molecule has 1 rings (SSSR count). The molecule has 3 N–H and O–H groups in total. The minimum atomic E-state index is -3.80. The van der Waals surface area contributed by atoms with Crippen LogP contribution in [0.15, 0.2) is 23.1 Å². The molecule has 0 saturated carbocycles. The van der Waals surface area contributed by atoms with E-state index >= 15 is 0 Å². The molecule has 0 saturated heterocycles. The van der Waals surface area contributed by atoms with Gasteiger partial charge in [-0.05, 0) is 31.5 Å². The number of carbonyl (C=O) groups excluding carboxylic acids is 1. The molecular formula is C12H17ClN2O4S. The molecule has 112 valence electrons. The Balaban J connectivity index is 3.01. The summed E-state index contributed by atoms with van der Waals surface area (Å²) in [6.45, 7) is 1.97. The normalized spacial score (nSPS) is 13.0. The maximum Gasteiger partial charge on any atom is 0.337 e. The number of carbonyl (C=O) groups is 1. The van der Waals surface area contributed by atoms with Crippen LogP contribution in [0.3, 0.4) is 0 Å². The van der Waals surface area contributed by atoms with E-state index in [1.165, 1.54) is 25.3 Å². The summed E-state index contributed by atoms with van der Waals surface area (Å²) in [5.74, 6) is -0.631. The van der Waals surface area contributed by atoms with E-state index in [0.717, 1.165) is 0 Å². The number of methoxy groups -OCH3 is 1. The largest absolute Gasteiger partial charge is 0.465 e.